The minimum absolute atomic E-state index is 0.126. The predicted octanol–water partition coefficient (Wildman–Crippen LogP) is 3.53. The smallest absolute Gasteiger partial charge is 0.142 e. The zero-order chi connectivity index (χ0) is 12.0. The highest BCUT2D eigenvalue weighted by molar-refractivity contribution is 7.98. The number of hydrogen-bond donors (Lipinski definition) is 1. The number of benzene rings is 1. The van der Waals surface area contributed by atoms with E-state index in [2.05, 4.69) is 0 Å². The zero-order valence-corrected chi connectivity index (χ0v) is 10.8. The Morgan fingerprint density at radius 2 is 2.25 bits per heavy atom. The average Bonchev–Trinajstić information content (AvgIpc) is 2.24. The lowest BCUT2D eigenvalue weighted by molar-refractivity contribution is 0.164. The van der Waals surface area contributed by atoms with Gasteiger partial charge in [0.25, 0.3) is 0 Å². The molecule has 4 heteroatoms. The molecule has 0 heterocycles. The molecule has 1 nitrogen and oxygen atoms in total. The van der Waals surface area contributed by atoms with Gasteiger partial charge >= 0.3 is 0 Å². The van der Waals surface area contributed by atoms with Crippen LogP contribution in [0.1, 0.15) is 18.4 Å². The standard InChI is InChI=1S/C12H16ClFOS/c1-16-6-2-3-10(15)7-9-4-5-11(13)12(14)8-9/h4-5,8,10,15H,2-3,6-7H2,1H3. The summed E-state index contributed by atoms with van der Waals surface area (Å²) in [5, 5.41) is 9.85. The highest BCUT2D eigenvalue weighted by Gasteiger charge is 2.07. The Kier molecular flexibility index (Phi) is 6.17. The van der Waals surface area contributed by atoms with Crippen molar-refractivity contribution in [2.24, 2.45) is 0 Å². The highest BCUT2D eigenvalue weighted by atomic mass is 35.5. The van der Waals surface area contributed by atoms with Gasteiger partial charge in [0.2, 0.25) is 0 Å². The lowest BCUT2D eigenvalue weighted by atomic mass is 10.0. The van der Waals surface area contributed by atoms with Crippen LogP contribution in [0.2, 0.25) is 5.02 Å². The van der Waals surface area contributed by atoms with E-state index in [1.807, 2.05) is 6.26 Å². The monoisotopic (exact) mass is 262 g/mol. The van der Waals surface area contributed by atoms with Crippen LogP contribution in [0.4, 0.5) is 4.39 Å². The Morgan fingerprint density at radius 3 is 2.88 bits per heavy atom. The van der Waals surface area contributed by atoms with E-state index >= 15 is 0 Å². The maximum atomic E-state index is 13.1. The van der Waals surface area contributed by atoms with Crippen molar-refractivity contribution in [2.75, 3.05) is 12.0 Å². The number of rotatable bonds is 6. The number of aliphatic hydroxyl groups is 1. The zero-order valence-electron chi connectivity index (χ0n) is 9.25. The molecule has 0 fully saturated rings. The molecule has 90 valence electrons. The van der Waals surface area contributed by atoms with Gasteiger partial charge in [0.1, 0.15) is 5.82 Å². The van der Waals surface area contributed by atoms with E-state index < -0.39 is 11.9 Å². The SMILES string of the molecule is CSCCCC(O)Cc1ccc(Cl)c(F)c1. The molecule has 0 aliphatic heterocycles. The molecule has 0 aliphatic carbocycles. The lowest BCUT2D eigenvalue weighted by Crippen LogP contribution is -2.10. The first-order valence-electron chi connectivity index (χ1n) is 5.24. The van der Waals surface area contributed by atoms with Crippen molar-refractivity contribution in [1.29, 1.82) is 0 Å². The molecule has 0 amide bonds. The van der Waals surface area contributed by atoms with Gasteiger partial charge in [0, 0.05) is 0 Å². The van der Waals surface area contributed by atoms with E-state index in [0.29, 0.717) is 6.42 Å². The third-order valence-electron chi connectivity index (χ3n) is 2.34. The Labute approximate surface area is 105 Å². The van der Waals surface area contributed by atoms with E-state index in [0.717, 1.165) is 24.2 Å². The van der Waals surface area contributed by atoms with Gasteiger partial charge in [-0.3, -0.25) is 0 Å². The Morgan fingerprint density at radius 1 is 1.50 bits per heavy atom. The molecule has 1 rings (SSSR count). The first-order chi connectivity index (χ1) is 7.63. The van der Waals surface area contributed by atoms with Gasteiger partial charge in [-0.1, -0.05) is 17.7 Å². The summed E-state index contributed by atoms with van der Waals surface area (Å²) in [6.07, 6.45) is 3.88. The third kappa shape index (κ3) is 4.73. The van der Waals surface area contributed by atoms with Crippen LogP contribution in [-0.2, 0) is 6.42 Å². The number of aliphatic hydroxyl groups excluding tert-OH is 1. The number of hydrogen-bond acceptors (Lipinski definition) is 2. The van der Waals surface area contributed by atoms with Crippen molar-refractivity contribution < 1.29 is 9.50 Å². The van der Waals surface area contributed by atoms with E-state index in [1.165, 1.54) is 12.1 Å². The number of thioether (sulfide) groups is 1. The van der Waals surface area contributed by atoms with Crippen LogP contribution in [0.15, 0.2) is 18.2 Å². The summed E-state index contributed by atoms with van der Waals surface area (Å²) >= 11 is 7.35. The first-order valence-corrected chi connectivity index (χ1v) is 7.01. The molecule has 1 aromatic carbocycles. The fourth-order valence-corrected chi connectivity index (χ4v) is 2.08. The predicted molar refractivity (Wildman–Crippen MR) is 68.7 cm³/mol. The fourth-order valence-electron chi connectivity index (χ4n) is 1.50. The van der Waals surface area contributed by atoms with Crippen molar-refractivity contribution >= 4 is 23.4 Å². The molecule has 0 bridgehead atoms. The van der Waals surface area contributed by atoms with Crippen LogP contribution in [-0.4, -0.2) is 23.2 Å². The fraction of sp³-hybridized carbons (Fsp3) is 0.500. The van der Waals surface area contributed by atoms with E-state index in [4.69, 9.17) is 11.6 Å². The summed E-state index contributed by atoms with van der Waals surface area (Å²) in [5.74, 6) is 0.627. The first kappa shape index (κ1) is 13.8. The largest absolute Gasteiger partial charge is 0.393 e. The number of halogens is 2. The van der Waals surface area contributed by atoms with Gasteiger partial charge < -0.3 is 5.11 Å². The maximum absolute atomic E-state index is 13.1. The van der Waals surface area contributed by atoms with Crippen LogP contribution in [0.5, 0.6) is 0 Å². The molecule has 1 N–H and O–H groups in total. The molecular weight excluding hydrogens is 247 g/mol. The van der Waals surface area contributed by atoms with Gasteiger partial charge in [-0.15, -0.1) is 0 Å². The minimum atomic E-state index is -0.421. The average molecular weight is 263 g/mol. The van der Waals surface area contributed by atoms with Crippen molar-refractivity contribution in [1.82, 2.24) is 0 Å². The Bertz CT molecular complexity index is 333. The molecule has 0 aromatic heterocycles. The molecule has 0 radical (unpaired) electrons. The van der Waals surface area contributed by atoms with Crippen molar-refractivity contribution in [3.05, 3.63) is 34.6 Å². The molecule has 1 atom stereocenters. The maximum Gasteiger partial charge on any atom is 0.142 e. The van der Waals surface area contributed by atoms with Crippen LogP contribution in [0, 0.1) is 5.82 Å². The summed E-state index contributed by atoms with van der Waals surface area (Å²) in [6.45, 7) is 0. The molecule has 0 aliphatic rings. The van der Waals surface area contributed by atoms with Crippen molar-refractivity contribution in [2.45, 2.75) is 25.4 Å². The molecule has 0 spiro atoms. The molecule has 1 unspecified atom stereocenters. The van der Waals surface area contributed by atoms with Crippen LogP contribution < -0.4 is 0 Å². The second-order valence-electron chi connectivity index (χ2n) is 3.74. The second kappa shape index (κ2) is 7.15. The van der Waals surface area contributed by atoms with Crippen LogP contribution in [0.25, 0.3) is 0 Å². The summed E-state index contributed by atoms with van der Waals surface area (Å²) in [7, 11) is 0. The quantitative estimate of drug-likeness (QED) is 0.792. The van der Waals surface area contributed by atoms with Crippen molar-refractivity contribution in [3.63, 3.8) is 0 Å². The lowest BCUT2D eigenvalue weighted by Gasteiger charge is -2.10. The molecule has 16 heavy (non-hydrogen) atoms. The highest BCUT2D eigenvalue weighted by Crippen LogP contribution is 2.17. The molecule has 1 aromatic rings. The van der Waals surface area contributed by atoms with Crippen molar-refractivity contribution in [3.8, 4) is 0 Å². The normalized spacial score (nSPS) is 12.8. The van der Waals surface area contributed by atoms with E-state index in [-0.39, 0.29) is 5.02 Å². The molecule has 0 saturated heterocycles. The van der Waals surface area contributed by atoms with Gasteiger partial charge in [-0.25, -0.2) is 4.39 Å². The van der Waals surface area contributed by atoms with Gasteiger partial charge in [-0.2, -0.15) is 11.8 Å². The Hall–Kier alpha value is -0.250. The second-order valence-corrected chi connectivity index (χ2v) is 5.13. The minimum Gasteiger partial charge on any atom is -0.393 e. The van der Waals surface area contributed by atoms with E-state index in [1.54, 1.807) is 17.8 Å². The van der Waals surface area contributed by atoms with E-state index in [9.17, 15) is 9.50 Å². The topological polar surface area (TPSA) is 20.2 Å². The third-order valence-corrected chi connectivity index (χ3v) is 3.34. The summed E-state index contributed by atoms with van der Waals surface area (Å²) in [4.78, 5) is 0. The summed E-state index contributed by atoms with van der Waals surface area (Å²) < 4.78 is 13.1. The summed E-state index contributed by atoms with van der Waals surface area (Å²) in [6, 6.07) is 4.67. The van der Waals surface area contributed by atoms with Crippen LogP contribution in [0.3, 0.4) is 0 Å². The van der Waals surface area contributed by atoms with Crippen LogP contribution >= 0.6 is 23.4 Å². The van der Waals surface area contributed by atoms with Gasteiger partial charge in [0.15, 0.2) is 0 Å². The Balaban J connectivity index is 2.43. The van der Waals surface area contributed by atoms with Gasteiger partial charge in [0.05, 0.1) is 11.1 Å². The summed E-state index contributed by atoms with van der Waals surface area (Å²) in [5.41, 5.74) is 0.790. The van der Waals surface area contributed by atoms with Gasteiger partial charge in [-0.05, 0) is 49.0 Å². The molecule has 0 saturated carbocycles. The molecular formula is C12H16ClFOS.